The van der Waals surface area contributed by atoms with Gasteiger partial charge in [-0.25, -0.2) is 33.3 Å². The van der Waals surface area contributed by atoms with Crippen molar-refractivity contribution in [2.45, 2.75) is 581 Å². The fraction of sp³-hybridized carbons (Fsp3) is 0.967. The molecule has 1 heterocycles. The minimum absolute atomic E-state index is 0.0444. The van der Waals surface area contributed by atoms with Crippen molar-refractivity contribution in [3.05, 3.63) is 11.4 Å². The van der Waals surface area contributed by atoms with E-state index in [9.17, 15) is 36.3 Å². The van der Waals surface area contributed by atoms with Crippen LogP contribution in [0.4, 0.5) is 0 Å². The van der Waals surface area contributed by atoms with E-state index >= 15 is 0 Å². The van der Waals surface area contributed by atoms with Gasteiger partial charge in [0.15, 0.2) is 0 Å². The number of hydrogen-bond acceptors (Lipinski definition) is 13. The third-order valence-electron chi connectivity index (χ3n) is 32.3. The van der Waals surface area contributed by atoms with E-state index in [4.69, 9.17) is 27.9 Å². The van der Waals surface area contributed by atoms with Crippen molar-refractivity contribution >= 4 is 38.0 Å². The predicted octanol–water partition coefficient (Wildman–Crippen LogP) is 30.3. The highest BCUT2D eigenvalue weighted by Gasteiger charge is 2.38. The smallest absolute Gasteiger partial charge is 0.234 e. The number of ether oxygens (including phenoxy) is 1. The van der Waals surface area contributed by atoms with Gasteiger partial charge < -0.3 is 41.6 Å². The van der Waals surface area contributed by atoms with Crippen molar-refractivity contribution in [3.8, 4) is 0 Å². The van der Waals surface area contributed by atoms with Gasteiger partial charge in [-0.1, -0.05) is 204 Å². The van der Waals surface area contributed by atoms with Crippen molar-refractivity contribution < 1.29 is 41.1 Å². The molecule has 11 fully saturated rings. The van der Waals surface area contributed by atoms with Gasteiger partial charge in [0.25, 0.3) is 0 Å². The molecule has 0 radical (unpaired) electrons. The summed E-state index contributed by atoms with van der Waals surface area (Å²) in [4.78, 5) is 39.1. The number of nitrogens with two attached hydrogens (primary N) is 3. The van der Waals surface area contributed by atoms with Gasteiger partial charge in [0.1, 0.15) is 12.1 Å². The lowest BCUT2D eigenvalue weighted by Crippen LogP contribution is -2.46. The number of aldehydes is 1. The van der Waals surface area contributed by atoms with Crippen molar-refractivity contribution in [1.82, 2.24) is 20.3 Å². The zero-order valence-corrected chi connectivity index (χ0v) is 100. The Morgan fingerprint density at radius 3 is 1.10 bits per heavy atom. The second kappa shape index (κ2) is 68.7. The molecule has 1 saturated heterocycles. The molecule has 10 saturated carbocycles. The van der Waals surface area contributed by atoms with Crippen LogP contribution in [0.15, 0.2) is 0 Å². The number of ketones is 1. The lowest BCUT2D eigenvalue weighted by Gasteiger charge is -2.37. The summed E-state index contributed by atoms with van der Waals surface area (Å²) >= 11 is 0. The second-order valence-electron chi connectivity index (χ2n) is 56.8. The SMILES string of the molecule is CC(C)(C)CC1CCC(C(C)(C)O)C1.CC(C)(C)CC1CCC(CC=O)CC1.CC(C)(C)CC1CCCC(N)C1.CC(C)CC1CCC(=O)CC1.CC(C)CC1CCC(C(C)(C)N)CC1.CC(C)CC1CCC(NC(=O)CN2CCOCC2)CC1.CC(C)CC1CCC(NC(C)(C)C)CC1.CC(C)CC1CCC(NS(C)(=O)=O)CC1.CC(C)CC1CCC(S(N)(=O)=O)CC1.[C-]#[N+]C1CCC(CC(C)C)CC1. The predicted molar refractivity (Wildman–Crippen MR) is 607 cm³/mol. The Bertz CT molecular complexity index is 3450. The van der Waals surface area contributed by atoms with Crippen LogP contribution >= 0.6 is 0 Å². The van der Waals surface area contributed by atoms with Crippen LogP contribution in [-0.2, 0) is 39.2 Å². The first-order chi connectivity index (χ1) is 65.2. The minimum atomic E-state index is -3.28. The van der Waals surface area contributed by atoms with E-state index in [2.05, 4.69) is 219 Å². The molecule has 0 spiro atoms. The van der Waals surface area contributed by atoms with Crippen LogP contribution in [-0.4, -0.2) is 136 Å². The molecular weight excluding hydrogens is 1790 g/mol. The summed E-state index contributed by atoms with van der Waals surface area (Å²) in [6.45, 7) is 78.7. The molecular formula is C122H240N8O9S2. The zero-order chi connectivity index (χ0) is 107. The molecule has 834 valence electrons. The number of rotatable bonds is 28. The van der Waals surface area contributed by atoms with Crippen LogP contribution in [0.5, 0.6) is 0 Å². The van der Waals surface area contributed by atoms with Gasteiger partial charge in [-0.05, 0) is 427 Å². The summed E-state index contributed by atoms with van der Waals surface area (Å²) in [5, 5.41) is 21.7. The quantitative estimate of drug-likeness (QED) is 0.0284. The summed E-state index contributed by atoms with van der Waals surface area (Å²) < 4.78 is 52.3. The van der Waals surface area contributed by atoms with Crippen LogP contribution in [0.1, 0.15) is 529 Å². The van der Waals surface area contributed by atoms with Gasteiger partial charge in [0, 0.05) is 80.4 Å². The van der Waals surface area contributed by atoms with E-state index in [1.807, 2.05) is 13.8 Å². The monoisotopic (exact) mass is 2030 g/mol. The molecule has 11 aliphatic rings. The number of primary sulfonamides is 1. The molecule has 4 atom stereocenters. The number of hydrogen-bond donors (Lipinski definition) is 7. The molecule has 0 bridgehead atoms. The molecule has 0 aromatic heterocycles. The average Bonchev–Trinajstić information content (AvgIpc) is 1.79. The van der Waals surface area contributed by atoms with Crippen molar-refractivity contribution in [3.63, 3.8) is 0 Å². The van der Waals surface area contributed by atoms with Crippen LogP contribution in [0.25, 0.3) is 4.85 Å². The molecule has 0 aromatic carbocycles. The summed E-state index contributed by atoms with van der Waals surface area (Å²) in [6, 6.07) is 2.21. The Hall–Kier alpha value is -2.12. The maximum absolute atomic E-state index is 12.0. The van der Waals surface area contributed by atoms with E-state index in [1.54, 1.807) is 0 Å². The van der Waals surface area contributed by atoms with Crippen molar-refractivity contribution in [1.29, 1.82) is 0 Å². The van der Waals surface area contributed by atoms with E-state index in [1.165, 1.54) is 231 Å². The van der Waals surface area contributed by atoms with Gasteiger partial charge in [-0.15, -0.1) is 0 Å². The number of Topliss-reactive ketones (excluding diaryl/α,β-unsaturated/α-hetero) is 1. The molecule has 10 N–H and O–H groups in total. The lowest BCUT2D eigenvalue weighted by atomic mass is 9.72. The molecule has 0 aromatic rings. The fourth-order valence-corrected chi connectivity index (χ4v) is 27.6. The lowest BCUT2D eigenvalue weighted by molar-refractivity contribution is -0.124. The topological polar surface area (TPSA) is 271 Å². The largest absolute Gasteiger partial charge is 0.390 e. The van der Waals surface area contributed by atoms with Crippen LogP contribution in [0.3, 0.4) is 0 Å². The van der Waals surface area contributed by atoms with E-state index in [0.29, 0.717) is 70.4 Å². The molecule has 1 aliphatic heterocycles. The molecule has 11 rings (SSSR count). The van der Waals surface area contributed by atoms with Crippen LogP contribution in [0, 0.1) is 141 Å². The van der Waals surface area contributed by atoms with Crippen LogP contribution < -0.4 is 32.0 Å². The van der Waals surface area contributed by atoms with Crippen molar-refractivity contribution in [2.24, 2.45) is 151 Å². The first-order valence-corrected chi connectivity index (χ1v) is 62.7. The highest BCUT2D eigenvalue weighted by Crippen LogP contribution is 2.45. The Morgan fingerprint density at radius 1 is 0.440 bits per heavy atom. The first kappa shape index (κ1) is 135. The van der Waals surface area contributed by atoms with Gasteiger partial charge >= 0.3 is 0 Å². The number of nitrogens with zero attached hydrogens (tertiary/aromatic N) is 2. The second-order valence-corrected chi connectivity index (χ2v) is 60.4. The molecule has 1 amide bonds. The molecule has 10 aliphatic carbocycles. The first-order valence-electron chi connectivity index (χ1n) is 59.2. The zero-order valence-electron chi connectivity index (χ0n) is 98.6. The van der Waals surface area contributed by atoms with Crippen LogP contribution in [0.2, 0.25) is 0 Å². The molecule has 4 unspecified atom stereocenters. The highest BCUT2D eigenvalue weighted by atomic mass is 32.2. The minimum Gasteiger partial charge on any atom is -0.390 e. The number of carbonyl (C=O) groups is 3. The average molecular weight is 2030 g/mol. The third kappa shape index (κ3) is 71.4. The Morgan fingerprint density at radius 2 is 0.766 bits per heavy atom. The third-order valence-corrected chi connectivity index (χ3v) is 34.5. The maximum Gasteiger partial charge on any atom is 0.234 e. The maximum atomic E-state index is 12.0. The Balaban J connectivity index is 0.000000532. The van der Waals surface area contributed by atoms with Gasteiger partial charge in [0.2, 0.25) is 32.0 Å². The summed E-state index contributed by atoms with van der Waals surface area (Å²) in [7, 11) is -6.29. The number of nitrogens with one attached hydrogen (secondary N) is 3. The number of morpholine rings is 1. The van der Waals surface area contributed by atoms with Crippen molar-refractivity contribution in [2.75, 3.05) is 39.1 Å². The Labute approximate surface area is 876 Å². The number of aliphatic hydroxyl groups is 1. The van der Waals surface area contributed by atoms with E-state index in [-0.39, 0.29) is 28.3 Å². The summed E-state index contributed by atoms with van der Waals surface area (Å²) in [5.41, 5.74) is 13.4. The number of amides is 1. The summed E-state index contributed by atoms with van der Waals surface area (Å²) in [6.07, 6.45) is 63.6. The number of carbonyl (C=O) groups excluding carboxylic acids is 3. The van der Waals surface area contributed by atoms with Gasteiger partial charge in [-0.2, -0.15) is 0 Å². The standard InChI is InChI=1S/C16H30N2O2.C14H29N.C13H27N.C13H26O.C13H24O.C11H23NO2S.C11H19N.C11H23N.C10H21NO2S.C10H18O/c1-13(2)11-14-3-5-15(6-4-14)17-16(19)12-18-7-9-20-10-8-18;1-11(2)10-12-6-8-13(9-7-12)15-14(3,4)5;1-10(2)9-11-5-7-12(8-6-11)13(3,4)14;1-12(2,3)9-10-6-7-11(8-10)13(4,5)14;1-13(2,3)10-12-6-4-11(5-7-12)8-9-14;1-9(2)8-10-4-6-11(7-5-10)12-15(3,13)14;1-9(2)8-10-4-6-11(12-3)7-5-10;1-11(2,3)8-9-5-4-6-10(12)7-9;1-8(2)7-9-3-5-10(6-4-9)14(11,12)13;1-8(2)7-9-3-5-10(11)6-4-9/h13-15H,3-12H2,1-2H3,(H,17,19);11-13,15H,6-10H2,1-5H3;10-12H,5-9,14H2,1-4H3;10-11,14H,6-9H2,1-5H3;9,11-12H,4-8,10H2,1-3H3;9-12H,4-8H2,1-3H3;9-11H,4-8H2,1-2H3;9-10H,4-8,12H2,1-3H3;8-10H,3-7H2,1-2H3,(H2,11,12,13);8-9H,3-7H2,1-2H3. The molecule has 17 nitrogen and oxygen atoms in total. The number of sulfonamides is 2. The van der Waals surface area contributed by atoms with Gasteiger partial charge in [-0.3, -0.25) is 14.5 Å². The Kier molecular flexibility index (Phi) is 65.8. The summed E-state index contributed by atoms with van der Waals surface area (Å²) in [5.74, 6) is 17.1. The highest BCUT2D eigenvalue weighted by molar-refractivity contribution is 7.89. The molecule has 19 heteroatoms. The van der Waals surface area contributed by atoms with E-state index in [0.717, 1.165) is 230 Å². The fourth-order valence-electron chi connectivity index (χ4n) is 25.8. The normalized spacial score (nSPS) is 28.7. The van der Waals surface area contributed by atoms with E-state index < -0.39 is 25.6 Å². The van der Waals surface area contributed by atoms with Gasteiger partial charge in [0.05, 0.1) is 36.9 Å². The molecule has 141 heavy (non-hydrogen) atoms.